The van der Waals surface area contributed by atoms with Crippen LogP contribution in [0.1, 0.15) is 22.3 Å². The lowest BCUT2D eigenvalue weighted by Crippen LogP contribution is -2.32. The first kappa shape index (κ1) is 32.6. The zero-order valence-corrected chi connectivity index (χ0v) is 31.4. The maximum atomic E-state index is 2.44. The summed E-state index contributed by atoms with van der Waals surface area (Å²) in [6.07, 6.45) is 0. The van der Waals surface area contributed by atoms with E-state index in [-0.39, 0.29) is 0 Å². The van der Waals surface area contributed by atoms with Crippen LogP contribution in [0.4, 0.5) is 34.1 Å². The molecule has 0 saturated heterocycles. The molecule has 0 atom stereocenters. The van der Waals surface area contributed by atoms with Gasteiger partial charge in [0.1, 0.15) is 0 Å². The normalized spacial score (nSPS) is 13.1. The molecule has 1 aliphatic heterocycles. The lowest BCUT2D eigenvalue weighted by molar-refractivity contribution is 0.726. The molecule has 0 unspecified atom stereocenters. The maximum Gasteiger partial charge on any atom is 0.0735 e. The van der Waals surface area contributed by atoms with E-state index in [4.69, 9.17) is 0 Å². The summed E-state index contributed by atoms with van der Waals surface area (Å²) in [6, 6.07) is 79.9. The van der Waals surface area contributed by atoms with Crippen molar-refractivity contribution in [2.45, 2.75) is 15.2 Å². The molecule has 2 aliphatic rings. The van der Waals surface area contributed by atoms with Gasteiger partial charge in [-0.3, -0.25) is 0 Å². The van der Waals surface area contributed by atoms with Crippen LogP contribution in [0.25, 0.3) is 21.9 Å². The molecule has 11 rings (SSSR count). The predicted molar refractivity (Wildman–Crippen MR) is 235 cm³/mol. The lowest BCUT2D eigenvalue weighted by Gasteiger charge is -2.40. The fraction of sp³-hybridized carbons (Fsp3) is 0.0189. The van der Waals surface area contributed by atoms with Gasteiger partial charge < -0.3 is 9.80 Å². The van der Waals surface area contributed by atoms with Crippen molar-refractivity contribution < 1.29 is 0 Å². The third-order valence-electron chi connectivity index (χ3n) is 11.5. The predicted octanol–water partition coefficient (Wildman–Crippen LogP) is 14.6. The number of benzene rings is 9. The molecular formula is C53H36N2S. The number of hydrogen-bond donors (Lipinski definition) is 0. The van der Waals surface area contributed by atoms with Gasteiger partial charge in [-0.2, -0.15) is 0 Å². The molecule has 0 radical (unpaired) electrons. The molecule has 0 amide bonds. The van der Waals surface area contributed by atoms with Gasteiger partial charge in [0, 0.05) is 43.9 Å². The topological polar surface area (TPSA) is 6.48 Å². The van der Waals surface area contributed by atoms with Gasteiger partial charge in [0.05, 0.1) is 5.41 Å². The van der Waals surface area contributed by atoms with Gasteiger partial charge >= 0.3 is 0 Å². The van der Waals surface area contributed by atoms with Gasteiger partial charge in [-0.25, -0.2) is 0 Å². The van der Waals surface area contributed by atoms with Crippen molar-refractivity contribution in [3.8, 4) is 11.1 Å². The Hall–Kier alpha value is -6.81. The Morgan fingerprint density at radius 1 is 0.321 bits per heavy atom. The summed E-state index contributed by atoms with van der Waals surface area (Å²) in [4.78, 5) is 7.38. The van der Waals surface area contributed by atoms with Crippen LogP contribution in [0.15, 0.2) is 228 Å². The van der Waals surface area contributed by atoms with Crippen molar-refractivity contribution in [1.82, 2.24) is 0 Å². The largest absolute Gasteiger partial charge is 0.310 e. The van der Waals surface area contributed by atoms with Gasteiger partial charge in [-0.05, 0) is 123 Å². The summed E-state index contributed by atoms with van der Waals surface area (Å²) >= 11 is 1.91. The second kappa shape index (κ2) is 13.2. The highest BCUT2D eigenvalue weighted by atomic mass is 32.2. The molecule has 9 aromatic rings. The Balaban J connectivity index is 1.23. The van der Waals surface area contributed by atoms with Crippen LogP contribution in [-0.2, 0) is 5.41 Å². The van der Waals surface area contributed by atoms with Crippen LogP contribution in [0.2, 0.25) is 0 Å². The zero-order chi connectivity index (χ0) is 37.1. The Labute approximate surface area is 332 Å². The van der Waals surface area contributed by atoms with E-state index in [1.807, 2.05) is 11.8 Å². The molecule has 1 heterocycles. The summed E-state index contributed by atoms with van der Waals surface area (Å²) in [5, 5.41) is 2.56. The number of rotatable bonds is 6. The van der Waals surface area contributed by atoms with E-state index in [2.05, 4.69) is 228 Å². The monoisotopic (exact) mass is 732 g/mol. The summed E-state index contributed by atoms with van der Waals surface area (Å²) in [5.74, 6) is 0. The van der Waals surface area contributed by atoms with Gasteiger partial charge in [-0.1, -0.05) is 151 Å². The maximum absolute atomic E-state index is 2.44. The van der Waals surface area contributed by atoms with Crippen LogP contribution in [-0.4, -0.2) is 0 Å². The molecule has 9 aromatic carbocycles. The first-order valence-corrected chi connectivity index (χ1v) is 20.0. The summed E-state index contributed by atoms with van der Waals surface area (Å²) in [5.41, 5.74) is 14.0. The number of para-hydroxylation sites is 4. The third kappa shape index (κ3) is 4.98. The first-order valence-electron chi connectivity index (χ1n) is 19.2. The second-order valence-corrected chi connectivity index (χ2v) is 15.5. The molecule has 0 saturated carbocycles. The minimum Gasteiger partial charge on any atom is -0.310 e. The van der Waals surface area contributed by atoms with Crippen molar-refractivity contribution in [2.24, 2.45) is 0 Å². The fourth-order valence-electron chi connectivity index (χ4n) is 9.14. The number of hydrogen-bond acceptors (Lipinski definition) is 3. The van der Waals surface area contributed by atoms with Crippen molar-refractivity contribution in [3.05, 3.63) is 241 Å². The van der Waals surface area contributed by atoms with Gasteiger partial charge in [0.25, 0.3) is 0 Å². The molecule has 0 N–H and O–H groups in total. The molecular weight excluding hydrogens is 697 g/mol. The molecule has 264 valence electrons. The fourth-order valence-corrected chi connectivity index (χ4v) is 10.5. The molecule has 0 aromatic heterocycles. The number of nitrogens with zero attached hydrogens (tertiary/aromatic N) is 2. The van der Waals surface area contributed by atoms with Crippen molar-refractivity contribution >= 4 is 56.7 Å². The Morgan fingerprint density at radius 3 is 1.27 bits per heavy atom. The molecule has 0 fully saturated rings. The van der Waals surface area contributed by atoms with Crippen molar-refractivity contribution in [1.29, 1.82) is 0 Å². The molecule has 3 heteroatoms. The number of anilines is 6. The van der Waals surface area contributed by atoms with Crippen molar-refractivity contribution in [3.63, 3.8) is 0 Å². The van der Waals surface area contributed by atoms with Crippen LogP contribution in [0.5, 0.6) is 0 Å². The summed E-state index contributed by atoms with van der Waals surface area (Å²) < 4.78 is 0. The van der Waals surface area contributed by atoms with E-state index in [1.165, 1.54) is 53.9 Å². The zero-order valence-electron chi connectivity index (χ0n) is 30.6. The Kier molecular flexibility index (Phi) is 7.68. The minimum atomic E-state index is -0.516. The molecule has 56 heavy (non-hydrogen) atoms. The Bertz CT molecular complexity index is 2680. The van der Waals surface area contributed by atoms with E-state index in [0.29, 0.717) is 0 Å². The molecule has 1 aliphatic carbocycles. The Morgan fingerprint density at radius 2 is 0.750 bits per heavy atom. The molecule has 2 nitrogen and oxygen atoms in total. The van der Waals surface area contributed by atoms with Gasteiger partial charge in [0.15, 0.2) is 0 Å². The van der Waals surface area contributed by atoms with Crippen LogP contribution < -0.4 is 9.80 Å². The highest BCUT2D eigenvalue weighted by Crippen LogP contribution is 2.64. The minimum absolute atomic E-state index is 0.516. The van der Waals surface area contributed by atoms with Crippen LogP contribution in [0.3, 0.4) is 0 Å². The average Bonchev–Trinajstić information content (AvgIpc) is 3.54. The summed E-state index contributed by atoms with van der Waals surface area (Å²) in [6.45, 7) is 0. The first-order chi connectivity index (χ1) is 27.8. The average molecular weight is 733 g/mol. The molecule has 0 bridgehead atoms. The SMILES string of the molecule is c1ccc(N(c2ccccc2)c2ccc3c(c2)-c2cc(N(c4ccccc4)c4ccccc4)ccc2C32c3ccccc3Sc3c2ccc2ccccc32)cc1. The van der Waals surface area contributed by atoms with Gasteiger partial charge in [-0.15, -0.1) is 0 Å². The lowest BCUT2D eigenvalue weighted by atomic mass is 9.67. The summed E-state index contributed by atoms with van der Waals surface area (Å²) in [7, 11) is 0. The van der Waals surface area contributed by atoms with E-state index >= 15 is 0 Å². The van der Waals surface area contributed by atoms with E-state index < -0.39 is 5.41 Å². The second-order valence-electron chi connectivity index (χ2n) is 14.5. The molecule has 1 spiro atoms. The quantitative estimate of drug-likeness (QED) is 0.168. The van der Waals surface area contributed by atoms with E-state index in [0.717, 1.165) is 34.1 Å². The third-order valence-corrected chi connectivity index (χ3v) is 12.7. The highest BCUT2D eigenvalue weighted by Gasteiger charge is 2.51. The van der Waals surface area contributed by atoms with E-state index in [9.17, 15) is 0 Å². The van der Waals surface area contributed by atoms with Gasteiger partial charge in [0.2, 0.25) is 0 Å². The smallest absolute Gasteiger partial charge is 0.0735 e. The van der Waals surface area contributed by atoms with Crippen LogP contribution in [0, 0.1) is 0 Å². The van der Waals surface area contributed by atoms with Crippen LogP contribution >= 0.6 is 11.8 Å². The van der Waals surface area contributed by atoms with Crippen molar-refractivity contribution in [2.75, 3.05) is 9.80 Å². The standard InChI is InChI=1S/C53H36N2S/c1-5-18-38(19-6-1)54(39-20-7-2-8-21-39)42-30-33-47-45(35-42)46-36-43(55(40-22-9-3-10-23-40)41-24-11-4-12-25-41)31-34-48(46)53(47)49-27-15-16-28-51(49)56-52-44-26-14-13-17-37(44)29-32-50(52)53/h1-36H. The number of fused-ring (bicyclic) bond motifs is 11. The van der Waals surface area contributed by atoms with E-state index in [1.54, 1.807) is 0 Å². The highest BCUT2D eigenvalue weighted by molar-refractivity contribution is 7.99.